The molecule has 4 rings (SSSR count). The number of rotatable bonds is 5. The van der Waals surface area contributed by atoms with Crippen LogP contribution in [0.2, 0.25) is 0 Å². The van der Waals surface area contributed by atoms with Crippen LogP contribution in [0.3, 0.4) is 0 Å². The Kier molecular flexibility index (Phi) is 5.99. The summed E-state index contributed by atoms with van der Waals surface area (Å²) in [6.45, 7) is 4.81. The molecule has 1 aromatic heterocycles. The van der Waals surface area contributed by atoms with Crippen molar-refractivity contribution in [1.29, 1.82) is 0 Å². The molecule has 2 heterocycles. The van der Waals surface area contributed by atoms with Crippen LogP contribution in [0.4, 0.5) is 5.69 Å². The number of carbonyl (C=O) groups excluding carboxylic acids is 2. The van der Waals surface area contributed by atoms with E-state index < -0.39 is 0 Å². The van der Waals surface area contributed by atoms with Gasteiger partial charge in [-0.15, -0.1) is 0 Å². The van der Waals surface area contributed by atoms with Crippen molar-refractivity contribution >= 4 is 28.5 Å². The van der Waals surface area contributed by atoms with Crippen LogP contribution in [-0.2, 0) is 11.2 Å². The Morgan fingerprint density at radius 2 is 1.67 bits per heavy atom. The highest BCUT2D eigenvalue weighted by Crippen LogP contribution is 2.16. The molecule has 1 aliphatic heterocycles. The molecule has 30 heavy (non-hydrogen) atoms. The first kappa shape index (κ1) is 20.0. The van der Waals surface area contributed by atoms with Crippen molar-refractivity contribution in [3.63, 3.8) is 0 Å². The largest absolute Gasteiger partial charge is 0.335 e. The van der Waals surface area contributed by atoms with Crippen LogP contribution in [0.15, 0.2) is 54.7 Å². The lowest BCUT2D eigenvalue weighted by molar-refractivity contribution is -0.117. The van der Waals surface area contributed by atoms with Crippen LogP contribution in [0.5, 0.6) is 0 Å². The second-order valence-corrected chi connectivity index (χ2v) is 7.37. The molecule has 0 bridgehead atoms. The summed E-state index contributed by atoms with van der Waals surface area (Å²) in [6.07, 6.45) is 2.41. The highest BCUT2D eigenvalue weighted by Gasteiger charge is 2.24. The molecule has 0 radical (unpaired) electrons. The number of piperazine rings is 1. The lowest BCUT2D eigenvalue weighted by atomic mass is 10.1. The molecule has 154 valence electrons. The monoisotopic (exact) mass is 403 g/mol. The molecule has 0 unspecified atom stereocenters. The van der Waals surface area contributed by atoms with E-state index in [2.05, 4.69) is 27.1 Å². The molecular formula is C23H25N5O2. The number of para-hydroxylation sites is 3. The van der Waals surface area contributed by atoms with Gasteiger partial charge >= 0.3 is 0 Å². The van der Waals surface area contributed by atoms with E-state index in [4.69, 9.17) is 0 Å². The second kappa shape index (κ2) is 9.00. The molecule has 0 atom stereocenters. The van der Waals surface area contributed by atoms with E-state index in [0.29, 0.717) is 43.9 Å². The minimum Gasteiger partial charge on any atom is -0.335 e. The molecule has 0 spiro atoms. The van der Waals surface area contributed by atoms with Crippen molar-refractivity contribution in [3.05, 3.63) is 66.0 Å². The van der Waals surface area contributed by atoms with Gasteiger partial charge in [-0.2, -0.15) is 0 Å². The Morgan fingerprint density at radius 3 is 2.43 bits per heavy atom. The quantitative estimate of drug-likeness (QED) is 0.708. The number of nitrogens with zero attached hydrogens (tertiary/aromatic N) is 4. The highest BCUT2D eigenvalue weighted by atomic mass is 16.2. The van der Waals surface area contributed by atoms with Gasteiger partial charge in [-0.05, 0) is 30.2 Å². The van der Waals surface area contributed by atoms with Gasteiger partial charge in [0, 0.05) is 31.9 Å². The zero-order chi connectivity index (χ0) is 20.9. The third-order valence-electron chi connectivity index (χ3n) is 5.37. The molecule has 0 saturated carbocycles. The van der Waals surface area contributed by atoms with Crippen molar-refractivity contribution in [2.24, 2.45) is 0 Å². The van der Waals surface area contributed by atoms with Gasteiger partial charge in [0.25, 0.3) is 5.91 Å². The maximum Gasteiger partial charge on any atom is 0.274 e. The molecule has 1 N–H and O–H groups in total. The summed E-state index contributed by atoms with van der Waals surface area (Å²) in [4.78, 5) is 37.9. The average molecular weight is 403 g/mol. The molecule has 2 aromatic carbocycles. The predicted octanol–water partition coefficient (Wildman–Crippen LogP) is 2.59. The number of carbonyl (C=O) groups is 2. The molecule has 3 aromatic rings. The number of hydrogen-bond donors (Lipinski definition) is 1. The van der Waals surface area contributed by atoms with Gasteiger partial charge in [-0.3, -0.25) is 19.5 Å². The summed E-state index contributed by atoms with van der Waals surface area (Å²) in [7, 11) is 0. The second-order valence-electron chi connectivity index (χ2n) is 7.37. The van der Waals surface area contributed by atoms with Crippen LogP contribution in [-0.4, -0.2) is 64.3 Å². The van der Waals surface area contributed by atoms with E-state index in [-0.39, 0.29) is 11.8 Å². The Labute approximate surface area is 175 Å². The van der Waals surface area contributed by atoms with E-state index in [0.717, 1.165) is 23.2 Å². The predicted molar refractivity (Wildman–Crippen MR) is 116 cm³/mol. The Hall–Kier alpha value is -3.32. The van der Waals surface area contributed by atoms with Crippen molar-refractivity contribution < 1.29 is 9.59 Å². The lowest BCUT2D eigenvalue weighted by Crippen LogP contribution is -2.50. The smallest absolute Gasteiger partial charge is 0.274 e. The molecule has 7 nitrogen and oxygen atoms in total. The fraction of sp³-hybridized carbons (Fsp3) is 0.304. The minimum absolute atomic E-state index is 0.0314. The lowest BCUT2D eigenvalue weighted by Gasteiger charge is -2.34. The molecule has 1 fully saturated rings. The van der Waals surface area contributed by atoms with Gasteiger partial charge in [0.1, 0.15) is 5.69 Å². The van der Waals surface area contributed by atoms with Crippen molar-refractivity contribution in [2.75, 3.05) is 38.0 Å². The summed E-state index contributed by atoms with van der Waals surface area (Å²) >= 11 is 0. The van der Waals surface area contributed by atoms with Gasteiger partial charge in [0.15, 0.2) is 0 Å². The highest BCUT2D eigenvalue weighted by molar-refractivity contribution is 5.94. The fourth-order valence-electron chi connectivity index (χ4n) is 3.67. The first-order valence-electron chi connectivity index (χ1n) is 10.2. The van der Waals surface area contributed by atoms with E-state index >= 15 is 0 Å². The first-order chi connectivity index (χ1) is 14.6. The van der Waals surface area contributed by atoms with Crippen LogP contribution in [0.1, 0.15) is 23.0 Å². The molecule has 0 aliphatic carbocycles. The third kappa shape index (κ3) is 4.46. The number of hydrogen-bond acceptors (Lipinski definition) is 5. The molecule has 1 saturated heterocycles. The Morgan fingerprint density at radius 1 is 0.967 bits per heavy atom. The Bertz CT molecular complexity index is 1060. The Balaban J connectivity index is 1.32. The maximum atomic E-state index is 12.8. The molecule has 2 amide bonds. The molecular weight excluding hydrogens is 378 g/mol. The third-order valence-corrected chi connectivity index (χ3v) is 5.37. The fourth-order valence-corrected chi connectivity index (χ4v) is 3.67. The van der Waals surface area contributed by atoms with Gasteiger partial charge < -0.3 is 10.2 Å². The molecule has 7 heteroatoms. The number of aromatic nitrogens is 2. The number of amides is 2. The number of benzene rings is 2. The van der Waals surface area contributed by atoms with Gasteiger partial charge in [-0.25, -0.2) is 4.98 Å². The van der Waals surface area contributed by atoms with Crippen LogP contribution in [0, 0.1) is 0 Å². The van der Waals surface area contributed by atoms with Crippen molar-refractivity contribution in [2.45, 2.75) is 13.3 Å². The SMILES string of the molecule is CCc1ccccc1NC(=O)CN1CCN(C(=O)c2cnc3ccccc3n2)CC1. The molecule has 1 aliphatic rings. The normalized spacial score (nSPS) is 14.6. The van der Waals surface area contributed by atoms with E-state index in [9.17, 15) is 9.59 Å². The maximum absolute atomic E-state index is 12.8. The standard InChI is InChI=1S/C23H25N5O2/c1-2-17-7-3-4-8-18(17)26-22(29)16-27-11-13-28(14-12-27)23(30)21-15-24-19-9-5-6-10-20(19)25-21/h3-10,15H,2,11-14,16H2,1H3,(H,26,29). The van der Waals surface area contributed by atoms with E-state index in [1.807, 2.05) is 48.5 Å². The van der Waals surface area contributed by atoms with Gasteiger partial charge in [0.05, 0.1) is 23.8 Å². The van der Waals surface area contributed by atoms with E-state index in [1.165, 1.54) is 6.20 Å². The topological polar surface area (TPSA) is 78.4 Å². The van der Waals surface area contributed by atoms with Crippen molar-refractivity contribution in [3.8, 4) is 0 Å². The number of nitrogens with one attached hydrogen (secondary N) is 1. The van der Waals surface area contributed by atoms with Crippen LogP contribution >= 0.6 is 0 Å². The number of fused-ring (bicyclic) bond motifs is 1. The van der Waals surface area contributed by atoms with Crippen LogP contribution < -0.4 is 5.32 Å². The van der Waals surface area contributed by atoms with Crippen molar-refractivity contribution in [1.82, 2.24) is 19.8 Å². The number of anilines is 1. The summed E-state index contributed by atoms with van der Waals surface area (Å²) in [5.41, 5.74) is 3.84. The van der Waals surface area contributed by atoms with Crippen LogP contribution in [0.25, 0.3) is 11.0 Å². The zero-order valence-electron chi connectivity index (χ0n) is 17.0. The summed E-state index contributed by atoms with van der Waals surface area (Å²) in [5, 5.41) is 3.01. The summed E-state index contributed by atoms with van der Waals surface area (Å²) in [5.74, 6) is -0.148. The van der Waals surface area contributed by atoms with Gasteiger partial charge in [0.2, 0.25) is 5.91 Å². The summed E-state index contributed by atoms with van der Waals surface area (Å²) < 4.78 is 0. The minimum atomic E-state index is -0.116. The first-order valence-corrected chi connectivity index (χ1v) is 10.2. The average Bonchev–Trinajstić information content (AvgIpc) is 2.79. The number of aryl methyl sites for hydroxylation is 1. The van der Waals surface area contributed by atoms with E-state index in [1.54, 1.807) is 4.90 Å². The van der Waals surface area contributed by atoms with Gasteiger partial charge in [-0.1, -0.05) is 37.3 Å². The summed E-state index contributed by atoms with van der Waals surface area (Å²) in [6, 6.07) is 15.4. The zero-order valence-corrected chi connectivity index (χ0v) is 17.0.